The first-order valence-corrected chi connectivity index (χ1v) is 9.73. The van der Waals surface area contributed by atoms with Crippen LogP contribution in [0.15, 0.2) is 45.6 Å². The molecule has 30 heavy (non-hydrogen) atoms. The van der Waals surface area contributed by atoms with Crippen molar-refractivity contribution in [3.8, 4) is 5.75 Å². The number of carbonyl (C=O) groups excluding carboxylic acids is 1. The molecule has 0 atom stereocenters. The summed E-state index contributed by atoms with van der Waals surface area (Å²) < 4.78 is 11.8. The molecule has 0 fully saturated rings. The Morgan fingerprint density at radius 2 is 2.10 bits per heavy atom. The summed E-state index contributed by atoms with van der Waals surface area (Å²) in [6.45, 7) is 0.953. The summed E-state index contributed by atoms with van der Waals surface area (Å²) in [4.78, 5) is 37.1. The number of hydrogen-bond donors (Lipinski definition) is 0. The Morgan fingerprint density at radius 1 is 1.27 bits per heavy atom. The minimum Gasteiger partial charge on any atom is -0.497 e. The van der Waals surface area contributed by atoms with Gasteiger partial charge in [-0.05, 0) is 49.1 Å². The highest BCUT2D eigenvalue weighted by Gasteiger charge is 2.23. The number of nitrogens with zero attached hydrogens (tertiary/aromatic N) is 3. The summed E-state index contributed by atoms with van der Waals surface area (Å²) in [5, 5.41) is 10.9. The first-order valence-electron chi connectivity index (χ1n) is 9.73. The number of aryl methyl sites for hydroxylation is 2. The van der Waals surface area contributed by atoms with Gasteiger partial charge in [-0.1, -0.05) is 0 Å². The van der Waals surface area contributed by atoms with Crippen LogP contribution in [-0.2, 0) is 17.8 Å². The number of rotatable bonds is 6. The Kier molecular flexibility index (Phi) is 5.26. The number of nitro benzene ring substituents is 1. The number of nitro groups is 1. The summed E-state index contributed by atoms with van der Waals surface area (Å²) in [6, 6.07) is 9.78. The predicted molar refractivity (Wildman–Crippen MR) is 110 cm³/mol. The van der Waals surface area contributed by atoms with Crippen LogP contribution in [0, 0.1) is 10.1 Å². The fraction of sp³-hybridized carbons (Fsp3) is 0.333. The largest absolute Gasteiger partial charge is 0.497 e. The molecule has 0 aliphatic carbocycles. The van der Waals surface area contributed by atoms with Gasteiger partial charge in [-0.25, -0.2) is 4.79 Å². The summed E-state index contributed by atoms with van der Waals surface area (Å²) in [6.07, 6.45) is 2.51. The number of ether oxygens (including phenoxy) is 1. The number of amides is 1. The van der Waals surface area contributed by atoms with E-state index in [4.69, 9.17) is 9.15 Å². The topological polar surface area (TPSA) is 108 Å². The molecular formula is C21H21N3O6. The van der Waals surface area contributed by atoms with Crippen LogP contribution in [-0.4, -0.2) is 29.1 Å². The van der Waals surface area contributed by atoms with Crippen LogP contribution < -0.4 is 15.4 Å². The van der Waals surface area contributed by atoms with Crippen LogP contribution in [0.4, 0.5) is 11.4 Å². The Bertz CT molecular complexity index is 1180. The SMILES string of the molecule is COc1ccc2c(c1)CCCN2C(=O)CCCn1c(=O)oc2cc([N+](=O)[O-])ccc21. The van der Waals surface area contributed by atoms with Crippen molar-refractivity contribution < 1.29 is 18.9 Å². The molecular weight excluding hydrogens is 390 g/mol. The Balaban J connectivity index is 1.45. The lowest BCUT2D eigenvalue weighted by Gasteiger charge is -2.30. The smallest absolute Gasteiger partial charge is 0.419 e. The second-order valence-electron chi connectivity index (χ2n) is 7.18. The van der Waals surface area contributed by atoms with E-state index in [-0.39, 0.29) is 23.6 Å². The quantitative estimate of drug-likeness (QED) is 0.455. The molecule has 0 saturated heterocycles. The van der Waals surface area contributed by atoms with Crippen LogP contribution in [0.5, 0.6) is 5.75 Å². The van der Waals surface area contributed by atoms with Crippen molar-refractivity contribution in [1.29, 1.82) is 0 Å². The number of non-ortho nitro benzene ring substituents is 1. The van der Waals surface area contributed by atoms with Gasteiger partial charge in [-0.3, -0.25) is 19.5 Å². The van der Waals surface area contributed by atoms with E-state index in [2.05, 4.69) is 0 Å². The summed E-state index contributed by atoms with van der Waals surface area (Å²) >= 11 is 0. The molecule has 0 radical (unpaired) electrons. The number of methoxy groups -OCH3 is 1. The van der Waals surface area contributed by atoms with Crippen molar-refractivity contribution in [3.05, 3.63) is 62.6 Å². The van der Waals surface area contributed by atoms with Gasteiger partial charge in [0.2, 0.25) is 5.91 Å². The highest BCUT2D eigenvalue weighted by atomic mass is 16.6. The Labute approximate surface area is 171 Å². The van der Waals surface area contributed by atoms with E-state index in [1.807, 2.05) is 18.2 Å². The summed E-state index contributed by atoms with van der Waals surface area (Å²) in [5.41, 5.74) is 2.50. The maximum atomic E-state index is 12.8. The highest BCUT2D eigenvalue weighted by molar-refractivity contribution is 5.94. The normalized spacial score (nSPS) is 13.3. The zero-order chi connectivity index (χ0) is 21.3. The molecule has 2 aromatic carbocycles. The standard InChI is InChI=1S/C21H21N3O6/c1-29-16-7-9-17-14(12-16)4-2-10-22(17)20(25)5-3-11-23-18-8-6-15(24(27)28)13-19(18)30-21(23)26/h6-9,12-13H,2-5,10-11H2,1H3. The number of hydrogen-bond acceptors (Lipinski definition) is 6. The van der Waals surface area contributed by atoms with Crippen LogP contribution in [0.25, 0.3) is 11.1 Å². The van der Waals surface area contributed by atoms with Gasteiger partial charge < -0.3 is 14.1 Å². The lowest BCUT2D eigenvalue weighted by atomic mass is 10.0. The van der Waals surface area contributed by atoms with E-state index in [1.54, 1.807) is 12.0 Å². The molecule has 0 spiro atoms. The van der Waals surface area contributed by atoms with E-state index >= 15 is 0 Å². The highest BCUT2D eigenvalue weighted by Crippen LogP contribution is 2.31. The van der Waals surface area contributed by atoms with Gasteiger partial charge in [-0.2, -0.15) is 0 Å². The van der Waals surface area contributed by atoms with Crippen LogP contribution in [0.3, 0.4) is 0 Å². The van der Waals surface area contributed by atoms with Gasteiger partial charge in [0, 0.05) is 31.3 Å². The van der Waals surface area contributed by atoms with Gasteiger partial charge in [0.1, 0.15) is 5.75 Å². The fourth-order valence-corrected chi connectivity index (χ4v) is 3.86. The molecule has 2 heterocycles. The molecule has 0 N–H and O–H groups in total. The van der Waals surface area contributed by atoms with E-state index in [0.29, 0.717) is 25.0 Å². The number of fused-ring (bicyclic) bond motifs is 2. The average Bonchev–Trinajstić information content (AvgIpc) is 3.07. The minimum atomic E-state index is -0.589. The molecule has 0 bridgehead atoms. The molecule has 9 heteroatoms. The number of oxazole rings is 1. The fourth-order valence-electron chi connectivity index (χ4n) is 3.86. The van der Waals surface area contributed by atoms with E-state index < -0.39 is 10.7 Å². The van der Waals surface area contributed by atoms with Gasteiger partial charge in [-0.15, -0.1) is 0 Å². The molecule has 1 aromatic heterocycles. The zero-order valence-electron chi connectivity index (χ0n) is 16.5. The lowest BCUT2D eigenvalue weighted by molar-refractivity contribution is -0.384. The van der Waals surface area contributed by atoms with Crippen LogP contribution in [0.1, 0.15) is 24.8 Å². The summed E-state index contributed by atoms with van der Waals surface area (Å²) in [7, 11) is 1.62. The lowest BCUT2D eigenvalue weighted by Crippen LogP contribution is -2.35. The van der Waals surface area contributed by atoms with Crippen molar-refractivity contribution in [1.82, 2.24) is 4.57 Å². The minimum absolute atomic E-state index is 0.00222. The maximum Gasteiger partial charge on any atom is 0.419 e. The number of anilines is 1. The van der Waals surface area contributed by atoms with Crippen molar-refractivity contribution in [2.75, 3.05) is 18.6 Å². The Morgan fingerprint density at radius 3 is 2.87 bits per heavy atom. The third-order valence-corrected chi connectivity index (χ3v) is 5.34. The second kappa shape index (κ2) is 8.02. The molecule has 0 unspecified atom stereocenters. The number of carbonyl (C=O) groups is 1. The molecule has 1 amide bonds. The Hall–Kier alpha value is -3.62. The van der Waals surface area contributed by atoms with Gasteiger partial charge >= 0.3 is 5.76 Å². The molecule has 4 rings (SSSR count). The van der Waals surface area contributed by atoms with Crippen molar-refractivity contribution in [3.63, 3.8) is 0 Å². The third kappa shape index (κ3) is 3.66. The van der Waals surface area contributed by atoms with Crippen molar-refractivity contribution >= 4 is 28.4 Å². The average molecular weight is 411 g/mol. The van der Waals surface area contributed by atoms with Crippen molar-refractivity contribution in [2.24, 2.45) is 0 Å². The van der Waals surface area contributed by atoms with E-state index in [1.165, 1.54) is 22.8 Å². The first-order chi connectivity index (χ1) is 14.5. The van der Waals surface area contributed by atoms with Crippen LogP contribution >= 0.6 is 0 Å². The van der Waals surface area contributed by atoms with E-state index in [0.717, 1.165) is 29.8 Å². The van der Waals surface area contributed by atoms with Gasteiger partial charge in [0.25, 0.3) is 5.69 Å². The number of benzene rings is 2. The molecule has 1 aliphatic heterocycles. The van der Waals surface area contributed by atoms with E-state index in [9.17, 15) is 19.7 Å². The zero-order valence-corrected chi connectivity index (χ0v) is 16.5. The summed E-state index contributed by atoms with van der Waals surface area (Å²) in [5.74, 6) is 0.181. The van der Waals surface area contributed by atoms with Crippen LogP contribution in [0.2, 0.25) is 0 Å². The monoisotopic (exact) mass is 411 g/mol. The second-order valence-corrected chi connectivity index (χ2v) is 7.18. The predicted octanol–water partition coefficient (Wildman–Crippen LogP) is 3.27. The molecule has 3 aromatic rings. The van der Waals surface area contributed by atoms with Crippen molar-refractivity contribution in [2.45, 2.75) is 32.2 Å². The molecule has 9 nitrogen and oxygen atoms in total. The maximum absolute atomic E-state index is 12.8. The molecule has 1 aliphatic rings. The third-order valence-electron chi connectivity index (χ3n) is 5.34. The number of aromatic nitrogens is 1. The first kappa shape index (κ1) is 19.7. The van der Waals surface area contributed by atoms with Gasteiger partial charge in [0.15, 0.2) is 5.58 Å². The molecule has 156 valence electrons. The van der Waals surface area contributed by atoms with Gasteiger partial charge in [0.05, 0.1) is 23.6 Å². The molecule has 0 saturated carbocycles.